The predicted octanol–water partition coefficient (Wildman–Crippen LogP) is 3.07. The number of ether oxygens (including phenoxy) is 3. The van der Waals surface area contributed by atoms with Gasteiger partial charge in [0.15, 0.2) is 11.2 Å². The molecule has 3 heterocycles. The molecule has 0 spiro atoms. The number of allylic oxidation sites excluding steroid dienone is 1. The third kappa shape index (κ3) is 5.04. The number of anilines is 1. The van der Waals surface area contributed by atoms with E-state index in [0.717, 1.165) is 24.8 Å². The molecule has 6 atom stereocenters. The summed E-state index contributed by atoms with van der Waals surface area (Å²) in [4.78, 5) is 63.6. The van der Waals surface area contributed by atoms with Gasteiger partial charge in [-0.2, -0.15) is 4.98 Å². The van der Waals surface area contributed by atoms with Gasteiger partial charge in [0.1, 0.15) is 25.1 Å². The van der Waals surface area contributed by atoms with Gasteiger partial charge in [-0.05, 0) is 55.4 Å². The first-order valence-corrected chi connectivity index (χ1v) is 13.9. The number of nitrogens with zero attached hydrogens (tertiary/aromatic N) is 2. The molecule has 0 aromatic carbocycles. The van der Waals surface area contributed by atoms with Crippen molar-refractivity contribution in [2.24, 2.45) is 22.7 Å². The summed E-state index contributed by atoms with van der Waals surface area (Å²) in [6, 6.07) is 0. The number of hydrogen-bond acceptors (Lipinski definition) is 10. The van der Waals surface area contributed by atoms with E-state index >= 15 is 0 Å². The van der Waals surface area contributed by atoms with E-state index in [-0.39, 0.29) is 53.5 Å². The molecule has 2 saturated carbocycles. The molecule has 2 aromatic rings. The molecule has 12 nitrogen and oxygen atoms in total. The molecule has 220 valence electrons. The van der Waals surface area contributed by atoms with Crippen LogP contribution in [-0.4, -0.2) is 57.2 Å². The van der Waals surface area contributed by atoms with Gasteiger partial charge in [0, 0.05) is 30.8 Å². The van der Waals surface area contributed by atoms with Crippen LogP contribution in [0.5, 0.6) is 0 Å². The SMILES string of the molecule is C=C1CCC2[C@@](C)(CC[C@@H](OC(C)=O)[C@]2(C)COC(C)=O)[C@@H]1CC(C1=CCOC1=O)c1nc2nc(N)[nH]c(=O)c2[nH]1. The van der Waals surface area contributed by atoms with E-state index in [1.807, 2.05) is 6.92 Å². The van der Waals surface area contributed by atoms with Gasteiger partial charge in [-0.3, -0.25) is 19.4 Å². The van der Waals surface area contributed by atoms with Gasteiger partial charge in [0.05, 0.1) is 0 Å². The summed E-state index contributed by atoms with van der Waals surface area (Å²) in [5.41, 5.74) is 6.20. The molecule has 2 aromatic heterocycles. The molecule has 0 saturated heterocycles. The van der Waals surface area contributed by atoms with E-state index in [1.54, 1.807) is 6.08 Å². The van der Waals surface area contributed by atoms with Crippen LogP contribution >= 0.6 is 0 Å². The van der Waals surface area contributed by atoms with E-state index in [9.17, 15) is 19.2 Å². The maximum absolute atomic E-state index is 12.9. The van der Waals surface area contributed by atoms with Crippen LogP contribution in [0.4, 0.5) is 5.95 Å². The van der Waals surface area contributed by atoms with Gasteiger partial charge in [-0.15, -0.1) is 0 Å². The number of fused-ring (bicyclic) bond motifs is 2. The second kappa shape index (κ2) is 10.5. The Morgan fingerprint density at radius 3 is 2.61 bits per heavy atom. The number of imidazole rings is 1. The number of hydrogen-bond donors (Lipinski definition) is 3. The highest BCUT2D eigenvalue weighted by Gasteiger charge is 2.60. The van der Waals surface area contributed by atoms with Crippen LogP contribution in [0, 0.1) is 22.7 Å². The molecule has 2 aliphatic carbocycles. The molecule has 41 heavy (non-hydrogen) atoms. The van der Waals surface area contributed by atoms with Crippen LogP contribution in [0.3, 0.4) is 0 Å². The van der Waals surface area contributed by atoms with Crippen LogP contribution in [0.25, 0.3) is 11.2 Å². The van der Waals surface area contributed by atoms with E-state index in [2.05, 4.69) is 33.4 Å². The average Bonchev–Trinajstić information content (AvgIpc) is 3.51. The highest BCUT2D eigenvalue weighted by Crippen LogP contribution is 2.63. The maximum atomic E-state index is 12.9. The van der Waals surface area contributed by atoms with Crippen LogP contribution in [0.1, 0.15) is 71.5 Å². The fourth-order valence-corrected chi connectivity index (χ4v) is 7.64. The summed E-state index contributed by atoms with van der Waals surface area (Å²) in [5, 5.41) is 0. The molecular formula is C29H37N5O7. The number of cyclic esters (lactones) is 1. The zero-order valence-corrected chi connectivity index (χ0v) is 23.9. The number of carbonyl (C=O) groups excluding carboxylic acids is 3. The summed E-state index contributed by atoms with van der Waals surface area (Å²) in [5.74, 6) is -1.40. The number of rotatable bonds is 7. The zero-order chi connectivity index (χ0) is 29.7. The summed E-state index contributed by atoms with van der Waals surface area (Å²) >= 11 is 0. The van der Waals surface area contributed by atoms with E-state index in [4.69, 9.17) is 19.9 Å². The van der Waals surface area contributed by atoms with Crippen molar-refractivity contribution >= 4 is 35.0 Å². The first-order valence-electron chi connectivity index (χ1n) is 13.9. The van der Waals surface area contributed by atoms with E-state index in [0.29, 0.717) is 24.2 Å². The lowest BCUT2D eigenvalue weighted by atomic mass is 9.45. The first kappa shape index (κ1) is 28.6. The monoisotopic (exact) mass is 567 g/mol. The molecule has 1 aliphatic heterocycles. The van der Waals surface area contributed by atoms with Crippen LogP contribution in [0.15, 0.2) is 28.6 Å². The van der Waals surface area contributed by atoms with Gasteiger partial charge in [-0.25, -0.2) is 9.78 Å². The van der Waals surface area contributed by atoms with Crippen LogP contribution < -0.4 is 11.3 Å². The van der Waals surface area contributed by atoms with Crippen molar-refractivity contribution in [3.05, 3.63) is 40.0 Å². The van der Waals surface area contributed by atoms with Crippen molar-refractivity contribution in [1.82, 2.24) is 19.9 Å². The maximum Gasteiger partial charge on any atom is 0.334 e. The molecule has 0 bridgehead atoms. The Bertz CT molecular complexity index is 1510. The van der Waals surface area contributed by atoms with Crippen molar-refractivity contribution in [3.63, 3.8) is 0 Å². The number of nitrogens with two attached hydrogens (primary N) is 1. The van der Waals surface area contributed by atoms with Crippen molar-refractivity contribution in [2.75, 3.05) is 18.9 Å². The molecule has 5 rings (SSSR count). The fourth-order valence-electron chi connectivity index (χ4n) is 7.64. The number of nitrogens with one attached hydrogen (secondary N) is 2. The van der Waals surface area contributed by atoms with Gasteiger partial charge >= 0.3 is 17.9 Å². The second-order valence-corrected chi connectivity index (χ2v) is 12.0. The van der Waals surface area contributed by atoms with Crippen molar-refractivity contribution in [1.29, 1.82) is 0 Å². The molecule has 4 N–H and O–H groups in total. The minimum absolute atomic E-state index is 0.0214. The lowest BCUT2D eigenvalue weighted by Gasteiger charge is -2.60. The van der Waals surface area contributed by atoms with Crippen molar-refractivity contribution < 1.29 is 28.6 Å². The Kier molecular flexibility index (Phi) is 7.29. The number of aromatic amines is 2. The Morgan fingerprint density at radius 1 is 1.20 bits per heavy atom. The van der Waals surface area contributed by atoms with Crippen LogP contribution in [0.2, 0.25) is 0 Å². The Balaban J connectivity index is 1.56. The lowest BCUT2D eigenvalue weighted by Crippen LogP contribution is -2.58. The largest absolute Gasteiger partial charge is 0.465 e. The summed E-state index contributed by atoms with van der Waals surface area (Å²) < 4.78 is 16.6. The molecule has 2 fully saturated rings. The standard InChI is InChI=1S/C29H37N5O7/c1-14-6-7-20-28(4,10-8-21(41-16(3)36)29(20,5)13-40-15(2)35)19(14)12-18(17-9-11-39-26(17)38)23-31-22-24(32-23)33-27(30)34-25(22)37/h9,18-21H,1,6-8,10-13H2,2-5H3,(H4,30,31,32,33,34,37)/t18?,19-,20?,21-,28+,29-/m1/s1. The van der Waals surface area contributed by atoms with E-state index < -0.39 is 34.9 Å². The first-order chi connectivity index (χ1) is 19.3. The quantitative estimate of drug-likeness (QED) is 0.256. The third-order valence-electron chi connectivity index (χ3n) is 9.54. The number of esters is 3. The third-order valence-corrected chi connectivity index (χ3v) is 9.54. The smallest absolute Gasteiger partial charge is 0.334 e. The number of carbonyl (C=O) groups is 3. The summed E-state index contributed by atoms with van der Waals surface area (Å²) in [7, 11) is 0. The van der Waals surface area contributed by atoms with Crippen LogP contribution in [-0.2, 0) is 28.6 Å². The number of H-pyrrole nitrogens is 2. The fraction of sp³-hybridized carbons (Fsp3) is 0.586. The molecule has 0 amide bonds. The number of aromatic nitrogens is 4. The molecule has 12 heteroatoms. The molecule has 0 radical (unpaired) electrons. The van der Waals surface area contributed by atoms with E-state index in [1.165, 1.54) is 13.8 Å². The predicted molar refractivity (Wildman–Crippen MR) is 148 cm³/mol. The van der Waals surface area contributed by atoms with Gasteiger partial charge in [0.2, 0.25) is 5.95 Å². The van der Waals surface area contributed by atoms with Gasteiger partial charge in [0.25, 0.3) is 5.56 Å². The minimum atomic E-state index is -0.627. The van der Waals surface area contributed by atoms with Gasteiger partial charge < -0.3 is 24.9 Å². The Morgan fingerprint density at radius 2 is 1.95 bits per heavy atom. The summed E-state index contributed by atoms with van der Waals surface area (Å²) in [6.07, 6.45) is 4.66. The topological polar surface area (TPSA) is 179 Å². The summed E-state index contributed by atoms with van der Waals surface area (Å²) in [6.45, 7) is 11.8. The Labute approximate surface area is 237 Å². The lowest BCUT2D eigenvalue weighted by molar-refractivity contribution is -0.191. The van der Waals surface area contributed by atoms with Crippen molar-refractivity contribution in [3.8, 4) is 0 Å². The minimum Gasteiger partial charge on any atom is -0.465 e. The van der Waals surface area contributed by atoms with Crippen molar-refractivity contribution in [2.45, 2.75) is 71.8 Å². The highest BCUT2D eigenvalue weighted by molar-refractivity contribution is 5.92. The number of nitrogen functional groups attached to an aromatic ring is 1. The average molecular weight is 568 g/mol. The molecular weight excluding hydrogens is 530 g/mol. The second-order valence-electron chi connectivity index (χ2n) is 12.0. The Hall–Kier alpha value is -3.96. The normalized spacial score (nSPS) is 30.3. The van der Waals surface area contributed by atoms with Gasteiger partial charge in [-0.1, -0.05) is 26.0 Å². The zero-order valence-electron chi connectivity index (χ0n) is 23.9. The highest BCUT2D eigenvalue weighted by atomic mass is 16.6. The molecule has 3 aliphatic rings. The molecule has 2 unspecified atom stereocenters.